The van der Waals surface area contributed by atoms with Gasteiger partial charge in [-0.15, -0.1) is 0 Å². The lowest BCUT2D eigenvalue weighted by Crippen LogP contribution is -2.09. The smallest absolute Gasteiger partial charge is 0.0618 e. The van der Waals surface area contributed by atoms with Crippen LogP contribution >= 0.6 is 0 Å². The summed E-state index contributed by atoms with van der Waals surface area (Å²) in [5.74, 6) is 0. The molecule has 2 nitrogen and oxygen atoms in total. The van der Waals surface area contributed by atoms with Gasteiger partial charge in [0.15, 0.2) is 0 Å². The van der Waals surface area contributed by atoms with Crippen molar-refractivity contribution >= 4 is 60.4 Å². The average Bonchev–Trinajstić information content (AvgIpc) is 3.34. The molecular weight excluding hydrogens is 484 g/mol. The first kappa shape index (κ1) is 22.6. The van der Waals surface area contributed by atoms with Crippen LogP contribution in [0.3, 0.4) is 0 Å². The van der Waals surface area contributed by atoms with Gasteiger partial charge in [-0.05, 0) is 65.4 Å². The SMILES string of the molecule is c1ccc(N(c2ccccc2)c2ccc3c(c2)c2ccccc2n3-c2c3ccccc3cc3ccccc23)cc1. The van der Waals surface area contributed by atoms with Crippen LogP contribution in [0.2, 0.25) is 0 Å². The van der Waals surface area contributed by atoms with Crippen molar-refractivity contribution in [3.05, 3.63) is 158 Å². The Morgan fingerprint density at radius 1 is 0.350 bits per heavy atom. The van der Waals surface area contributed by atoms with Gasteiger partial charge >= 0.3 is 0 Å². The number of para-hydroxylation sites is 3. The monoisotopic (exact) mass is 510 g/mol. The summed E-state index contributed by atoms with van der Waals surface area (Å²) in [5.41, 5.74) is 7.05. The molecule has 1 aromatic heterocycles. The van der Waals surface area contributed by atoms with Gasteiger partial charge in [-0.1, -0.05) is 103 Å². The van der Waals surface area contributed by atoms with Crippen LogP contribution in [-0.2, 0) is 0 Å². The summed E-state index contributed by atoms with van der Waals surface area (Å²) in [6, 6.07) is 56.7. The van der Waals surface area contributed by atoms with E-state index in [1.54, 1.807) is 0 Å². The summed E-state index contributed by atoms with van der Waals surface area (Å²) < 4.78 is 2.47. The molecular formula is C38H26N2. The van der Waals surface area contributed by atoms with Gasteiger partial charge in [0.1, 0.15) is 0 Å². The molecule has 0 fully saturated rings. The summed E-state index contributed by atoms with van der Waals surface area (Å²) in [6.45, 7) is 0. The first-order valence-electron chi connectivity index (χ1n) is 13.7. The first-order valence-corrected chi connectivity index (χ1v) is 13.7. The Bertz CT molecular complexity index is 2060. The summed E-state index contributed by atoms with van der Waals surface area (Å²) in [6.07, 6.45) is 0. The Labute approximate surface area is 233 Å². The molecule has 0 amide bonds. The third kappa shape index (κ3) is 3.50. The van der Waals surface area contributed by atoms with Crippen molar-refractivity contribution < 1.29 is 0 Å². The van der Waals surface area contributed by atoms with Gasteiger partial charge < -0.3 is 9.47 Å². The Morgan fingerprint density at radius 3 is 1.48 bits per heavy atom. The van der Waals surface area contributed by atoms with Crippen molar-refractivity contribution in [1.82, 2.24) is 4.57 Å². The molecule has 1 heterocycles. The van der Waals surface area contributed by atoms with Crippen molar-refractivity contribution in [1.29, 1.82) is 0 Å². The summed E-state index contributed by atoms with van der Waals surface area (Å²) in [5, 5.41) is 7.49. The van der Waals surface area contributed by atoms with Crippen LogP contribution in [0, 0.1) is 0 Å². The van der Waals surface area contributed by atoms with E-state index in [2.05, 4.69) is 167 Å². The van der Waals surface area contributed by atoms with Crippen LogP contribution in [0.1, 0.15) is 0 Å². The number of hydrogen-bond donors (Lipinski definition) is 0. The molecule has 0 atom stereocenters. The molecule has 188 valence electrons. The maximum Gasteiger partial charge on any atom is 0.0618 e. The lowest BCUT2D eigenvalue weighted by atomic mass is 10.0. The van der Waals surface area contributed by atoms with Gasteiger partial charge in [-0.25, -0.2) is 0 Å². The normalized spacial score (nSPS) is 11.5. The highest BCUT2D eigenvalue weighted by Gasteiger charge is 2.19. The Hall–Kier alpha value is -5.34. The second kappa shape index (κ2) is 9.14. The van der Waals surface area contributed by atoms with Crippen LogP contribution < -0.4 is 4.90 Å². The molecule has 8 rings (SSSR count). The summed E-state index contributed by atoms with van der Waals surface area (Å²) >= 11 is 0. The second-order valence-corrected chi connectivity index (χ2v) is 10.2. The zero-order valence-electron chi connectivity index (χ0n) is 21.9. The van der Waals surface area contributed by atoms with E-state index in [9.17, 15) is 0 Å². The van der Waals surface area contributed by atoms with E-state index in [1.165, 1.54) is 49.0 Å². The topological polar surface area (TPSA) is 8.17 Å². The van der Waals surface area contributed by atoms with Gasteiger partial charge in [-0.2, -0.15) is 0 Å². The maximum absolute atomic E-state index is 2.47. The average molecular weight is 511 g/mol. The summed E-state index contributed by atoms with van der Waals surface area (Å²) in [4.78, 5) is 2.33. The molecule has 0 saturated carbocycles. The molecule has 0 aliphatic carbocycles. The number of anilines is 3. The number of rotatable bonds is 4. The minimum Gasteiger partial charge on any atom is -0.310 e. The first-order chi connectivity index (χ1) is 19.9. The van der Waals surface area contributed by atoms with Crippen LogP contribution in [0.15, 0.2) is 158 Å². The number of aromatic nitrogens is 1. The zero-order chi connectivity index (χ0) is 26.5. The molecule has 0 bridgehead atoms. The predicted octanol–water partition coefficient (Wildman–Crippen LogP) is 10.6. The quantitative estimate of drug-likeness (QED) is 0.214. The number of nitrogens with zero attached hydrogens (tertiary/aromatic N) is 2. The molecule has 8 aromatic rings. The molecule has 0 spiro atoms. The van der Waals surface area contributed by atoms with E-state index >= 15 is 0 Å². The number of hydrogen-bond acceptors (Lipinski definition) is 1. The van der Waals surface area contributed by atoms with E-state index in [1.807, 2.05) is 0 Å². The van der Waals surface area contributed by atoms with E-state index in [0.29, 0.717) is 0 Å². The maximum atomic E-state index is 2.47. The standard InChI is InChI=1S/C38H26N2/c1-3-15-29(16-4-1)39(30-17-5-2-6-18-30)31-23-24-37-35(26-31)34-21-11-12-22-36(34)40(37)38-32-19-9-7-13-27(32)25-28-14-8-10-20-33(28)38/h1-26H. The number of fused-ring (bicyclic) bond motifs is 5. The fourth-order valence-electron chi connectivity index (χ4n) is 6.17. The van der Waals surface area contributed by atoms with Crippen molar-refractivity contribution in [3.63, 3.8) is 0 Å². The Balaban J connectivity index is 1.46. The highest BCUT2D eigenvalue weighted by molar-refractivity contribution is 6.15. The molecule has 0 aliphatic heterocycles. The molecule has 0 saturated heterocycles. The third-order valence-electron chi connectivity index (χ3n) is 7.91. The largest absolute Gasteiger partial charge is 0.310 e. The molecule has 0 unspecified atom stereocenters. The molecule has 0 N–H and O–H groups in total. The van der Waals surface area contributed by atoms with E-state index in [0.717, 1.165) is 17.1 Å². The van der Waals surface area contributed by atoms with Gasteiger partial charge in [0.25, 0.3) is 0 Å². The van der Waals surface area contributed by atoms with Gasteiger partial charge in [0, 0.05) is 38.6 Å². The molecule has 2 heteroatoms. The summed E-state index contributed by atoms with van der Waals surface area (Å²) in [7, 11) is 0. The van der Waals surface area contributed by atoms with E-state index in [-0.39, 0.29) is 0 Å². The second-order valence-electron chi connectivity index (χ2n) is 10.2. The zero-order valence-corrected chi connectivity index (χ0v) is 21.9. The fourth-order valence-corrected chi connectivity index (χ4v) is 6.17. The molecule has 7 aromatic carbocycles. The number of benzene rings is 7. The lowest BCUT2D eigenvalue weighted by Gasteiger charge is -2.25. The third-order valence-corrected chi connectivity index (χ3v) is 7.91. The van der Waals surface area contributed by atoms with Crippen molar-refractivity contribution in [2.24, 2.45) is 0 Å². The van der Waals surface area contributed by atoms with Gasteiger partial charge in [0.05, 0.1) is 16.7 Å². The van der Waals surface area contributed by atoms with Gasteiger partial charge in [0.2, 0.25) is 0 Å². The minimum absolute atomic E-state index is 1.13. The molecule has 0 radical (unpaired) electrons. The van der Waals surface area contributed by atoms with Gasteiger partial charge in [-0.3, -0.25) is 0 Å². The fraction of sp³-hybridized carbons (Fsp3) is 0. The minimum atomic E-state index is 1.13. The predicted molar refractivity (Wildman–Crippen MR) is 170 cm³/mol. The Morgan fingerprint density at radius 2 is 0.850 bits per heavy atom. The van der Waals surface area contributed by atoms with Crippen molar-refractivity contribution in [2.75, 3.05) is 4.90 Å². The lowest BCUT2D eigenvalue weighted by molar-refractivity contribution is 1.21. The van der Waals surface area contributed by atoms with Crippen LogP contribution in [0.25, 0.3) is 49.0 Å². The highest BCUT2D eigenvalue weighted by Crippen LogP contribution is 2.42. The van der Waals surface area contributed by atoms with E-state index in [4.69, 9.17) is 0 Å². The van der Waals surface area contributed by atoms with Crippen LogP contribution in [0.5, 0.6) is 0 Å². The van der Waals surface area contributed by atoms with Crippen LogP contribution in [0.4, 0.5) is 17.1 Å². The molecule has 40 heavy (non-hydrogen) atoms. The van der Waals surface area contributed by atoms with Crippen molar-refractivity contribution in [3.8, 4) is 5.69 Å². The van der Waals surface area contributed by atoms with Crippen molar-refractivity contribution in [2.45, 2.75) is 0 Å². The Kier molecular flexibility index (Phi) is 5.17. The highest BCUT2D eigenvalue weighted by atomic mass is 15.1. The van der Waals surface area contributed by atoms with E-state index < -0.39 is 0 Å². The molecule has 0 aliphatic rings. The van der Waals surface area contributed by atoms with Crippen LogP contribution in [-0.4, -0.2) is 4.57 Å².